The zero-order valence-electron chi connectivity index (χ0n) is 17.3. The highest BCUT2D eigenvalue weighted by atomic mass is 35.5. The third kappa shape index (κ3) is 4.50. The fourth-order valence-corrected chi connectivity index (χ4v) is 3.85. The molecule has 0 aliphatic carbocycles. The van der Waals surface area contributed by atoms with E-state index in [1.54, 1.807) is 0 Å². The van der Waals surface area contributed by atoms with E-state index in [0.29, 0.717) is 17.3 Å². The minimum atomic E-state index is 0.368. The van der Waals surface area contributed by atoms with Crippen LogP contribution in [-0.4, -0.2) is 41.0 Å². The van der Waals surface area contributed by atoms with Crippen molar-refractivity contribution in [3.05, 3.63) is 70.5 Å². The number of piperazine rings is 1. The highest BCUT2D eigenvalue weighted by molar-refractivity contribution is 6.32. The summed E-state index contributed by atoms with van der Waals surface area (Å²) in [7, 11) is 0. The number of nitrogens with two attached hydrogens (primary N) is 1. The molecule has 1 aliphatic heterocycles. The van der Waals surface area contributed by atoms with Crippen molar-refractivity contribution in [3.63, 3.8) is 0 Å². The molecule has 1 saturated heterocycles. The highest BCUT2D eigenvalue weighted by Crippen LogP contribution is 2.34. The molecular weight excluding hydrogens is 398 g/mol. The smallest absolute Gasteiger partial charge is 0.248 e. The fraction of sp³-hybridized carbons (Fsp3) is 0.304. The molecule has 0 atom stereocenters. The standard InChI is InChI=1S/C23H26ClN5O/c1-16-12-19(13-17(2)20(16)24)30-23-21(25)22(26-15-27-23)29-10-8-28(9-11-29)14-18-6-4-3-5-7-18/h3-7,12-13,15H,8-11,14,25H2,1-2H3. The van der Waals surface area contributed by atoms with E-state index in [9.17, 15) is 0 Å². The maximum Gasteiger partial charge on any atom is 0.248 e. The number of benzene rings is 2. The van der Waals surface area contributed by atoms with Crippen molar-refractivity contribution in [1.82, 2.24) is 14.9 Å². The molecule has 2 heterocycles. The number of anilines is 2. The topological polar surface area (TPSA) is 67.5 Å². The molecule has 6 nitrogen and oxygen atoms in total. The van der Waals surface area contributed by atoms with Crippen LogP contribution in [0, 0.1) is 13.8 Å². The quantitative estimate of drug-likeness (QED) is 0.654. The Hall–Kier alpha value is -2.83. The van der Waals surface area contributed by atoms with E-state index in [1.807, 2.05) is 32.0 Å². The largest absolute Gasteiger partial charge is 0.437 e. The van der Waals surface area contributed by atoms with Crippen LogP contribution in [0.1, 0.15) is 16.7 Å². The summed E-state index contributed by atoms with van der Waals surface area (Å²) >= 11 is 6.26. The second-order valence-electron chi connectivity index (χ2n) is 7.64. The van der Waals surface area contributed by atoms with E-state index >= 15 is 0 Å². The first-order valence-corrected chi connectivity index (χ1v) is 10.5. The maximum atomic E-state index is 6.39. The number of halogens is 1. The summed E-state index contributed by atoms with van der Waals surface area (Å²) in [5.74, 6) is 1.76. The SMILES string of the molecule is Cc1cc(Oc2ncnc(N3CCN(Cc4ccccc4)CC3)c2N)cc(C)c1Cl. The Morgan fingerprint density at radius 3 is 2.33 bits per heavy atom. The van der Waals surface area contributed by atoms with Gasteiger partial charge in [0.05, 0.1) is 0 Å². The van der Waals surface area contributed by atoms with Crippen LogP contribution in [0.5, 0.6) is 11.6 Å². The molecule has 2 aromatic carbocycles. The molecule has 0 saturated carbocycles. The van der Waals surface area contributed by atoms with Crippen LogP contribution in [0.3, 0.4) is 0 Å². The van der Waals surface area contributed by atoms with Gasteiger partial charge in [-0.1, -0.05) is 41.9 Å². The summed E-state index contributed by atoms with van der Waals surface area (Å²) < 4.78 is 5.99. The predicted molar refractivity (Wildman–Crippen MR) is 121 cm³/mol. The molecule has 7 heteroatoms. The Kier molecular flexibility index (Phi) is 6.06. The third-order valence-electron chi connectivity index (χ3n) is 5.37. The zero-order chi connectivity index (χ0) is 21.1. The van der Waals surface area contributed by atoms with Crippen LogP contribution in [0.15, 0.2) is 48.8 Å². The van der Waals surface area contributed by atoms with Gasteiger partial charge in [-0.3, -0.25) is 4.90 Å². The van der Waals surface area contributed by atoms with Crippen molar-refractivity contribution < 1.29 is 4.74 Å². The van der Waals surface area contributed by atoms with Gasteiger partial charge >= 0.3 is 0 Å². The fourth-order valence-electron chi connectivity index (χ4n) is 3.74. The molecule has 156 valence electrons. The normalized spacial score (nSPS) is 14.7. The highest BCUT2D eigenvalue weighted by Gasteiger charge is 2.22. The van der Waals surface area contributed by atoms with Crippen LogP contribution in [0.25, 0.3) is 0 Å². The molecule has 0 bridgehead atoms. The van der Waals surface area contributed by atoms with Crippen molar-refractivity contribution in [1.29, 1.82) is 0 Å². The summed E-state index contributed by atoms with van der Waals surface area (Å²) in [5, 5.41) is 0.743. The average molecular weight is 424 g/mol. The van der Waals surface area contributed by atoms with Gasteiger partial charge in [-0.2, -0.15) is 4.98 Å². The Bertz CT molecular complexity index is 996. The van der Waals surface area contributed by atoms with Gasteiger partial charge in [0.1, 0.15) is 17.8 Å². The number of nitrogens with zero attached hydrogens (tertiary/aromatic N) is 4. The second-order valence-corrected chi connectivity index (χ2v) is 8.02. The Morgan fingerprint density at radius 1 is 1.00 bits per heavy atom. The lowest BCUT2D eigenvalue weighted by atomic mass is 10.1. The lowest BCUT2D eigenvalue weighted by Gasteiger charge is -2.35. The lowest BCUT2D eigenvalue weighted by molar-refractivity contribution is 0.249. The minimum absolute atomic E-state index is 0.368. The predicted octanol–water partition coefficient (Wildman–Crippen LogP) is 4.44. The van der Waals surface area contributed by atoms with Crippen molar-refractivity contribution in [3.8, 4) is 11.6 Å². The van der Waals surface area contributed by atoms with Gasteiger partial charge in [0.2, 0.25) is 5.88 Å². The van der Waals surface area contributed by atoms with Crippen LogP contribution in [0.2, 0.25) is 5.02 Å². The molecule has 3 aromatic rings. The molecule has 0 amide bonds. The van der Waals surface area contributed by atoms with E-state index in [4.69, 9.17) is 22.1 Å². The second kappa shape index (κ2) is 8.90. The summed E-state index contributed by atoms with van der Waals surface area (Å²) in [5.41, 5.74) is 10.1. The summed E-state index contributed by atoms with van der Waals surface area (Å²) in [6.07, 6.45) is 1.51. The summed E-state index contributed by atoms with van der Waals surface area (Å²) in [4.78, 5) is 13.3. The molecule has 4 rings (SSSR count). The third-order valence-corrected chi connectivity index (χ3v) is 5.97. The number of hydrogen-bond donors (Lipinski definition) is 1. The number of aromatic nitrogens is 2. The number of ether oxygens (including phenoxy) is 1. The molecular formula is C23H26ClN5O. The minimum Gasteiger partial charge on any atom is -0.437 e. The number of aryl methyl sites for hydroxylation is 2. The van der Waals surface area contributed by atoms with E-state index in [1.165, 1.54) is 11.9 Å². The van der Waals surface area contributed by atoms with Gasteiger partial charge in [0.25, 0.3) is 0 Å². The van der Waals surface area contributed by atoms with E-state index < -0.39 is 0 Å². The van der Waals surface area contributed by atoms with Crippen molar-refractivity contribution in [2.75, 3.05) is 36.8 Å². The first-order valence-electron chi connectivity index (χ1n) is 10.1. The van der Waals surface area contributed by atoms with Gasteiger partial charge < -0.3 is 15.4 Å². The molecule has 2 N–H and O–H groups in total. The molecule has 0 radical (unpaired) electrons. The summed E-state index contributed by atoms with van der Waals surface area (Å²) in [6, 6.07) is 14.3. The lowest BCUT2D eigenvalue weighted by Crippen LogP contribution is -2.46. The van der Waals surface area contributed by atoms with Gasteiger partial charge in [0.15, 0.2) is 5.82 Å². The monoisotopic (exact) mass is 423 g/mol. The van der Waals surface area contributed by atoms with Crippen LogP contribution in [0.4, 0.5) is 11.5 Å². The van der Waals surface area contributed by atoms with Gasteiger partial charge in [-0.25, -0.2) is 4.98 Å². The van der Waals surface area contributed by atoms with Crippen LogP contribution < -0.4 is 15.4 Å². The van der Waals surface area contributed by atoms with Gasteiger partial charge in [0, 0.05) is 37.7 Å². The van der Waals surface area contributed by atoms with Gasteiger partial charge in [-0.15, -0.1) is 0 Å². The molecule has 1 fully saturated rings. The van der Waals surface area contributed by atoms with Crippen LogP contribution in [-0.2, 0) is 6.54 Å². The average Bonchev–Trinajstić information content (AvgIpc) is 2.75. The van der Waals surface area contributed by atoms with E-state index in [2.05, 4.69) is 44.0 Å². The maximum absolute atomic E-state index is 6.39. The van der Waals surface area contributed by atoms with Crippen LogP contribution >= 0.6 is 11.6 Å². The zero-order valence-corrected chi connectivity index (χ0v) is 18.1. The first kappa shape index (κ1) is 20.4. The van der Waals surface area contributed by atoms with Crippen molar-refractivity contribution in [2.24, 2.45) is 0 Å². The van der Waals surface area contributed by atoms with Crippen molar-refractivity contribution in [2.45, 2.75) is 20.4 Å². The molecule has 30 heavy (non-hydrogen) atoms. The van der Waals surface area contributed by atoms with E-state index in [-0.39, 0.29) is 0 Å². The van der Waals surface area contributed by atoms with Gasteiger partial charge in [-0.05, 0) is 42.7 Å². The molecule has 1 aromatic heterocycles. The Morgan fingerprint density at radius 2 is 1.67 bits per heavy atom. The summed E-state index contributed by atoms with van der Waals surface area (Å²) in [6.45, 7) is 8.46. The number of hydrogen-bond acceptors (Lipinski definition) is 6. The number of rotatable bonds is 5. The molecule has 0 unspecified atom stereocenters. The molecule has 0 spiro atoms. The van der Waals surface area contributed by atoms with E-state index in [0.717, 1.165) is 54.7 Å². The molecule has 1 aliphatic rings. The first-order chi connectivity index (χ1) is 14.5. The Balaban J connectivity index is 1.45. The Labute approximate surface area is 182 Å². The van der Waals surface area contributed by atoms with Crippen molar-refractivity contribution >= 4 is 23.1 Å². The number of nitrogen functional groups attached to an aromatic ring is 1.